The molecule has 0 aromatic carbocycles. The number of carbonyl (C=O) groups excluding carboxylic acids is 1. The molecule has 0 spiro atoms. The van der Waals surface area contributed by atoms with Gasteiger partial charge in [-0.1, -0.05) is 13.8 Å². The van der Waals surface area contributed by atoms with Crippen LogP contribution in [0, 0.1) is 47.3 Å². The van der Waals surface area contributed by atoms with Crippen LogP contribution in [-0.4, -0.2) is 50.4 Å². The second-order valence-corrected chi connectivity index (χ2v) is 12.0. The number of Topliss-reactive ketones (excluding diaryl/α,β-unsaturated/α-hetero) is 1. The lowest BCUT2D eigenvalue weighted by molar-refractivity contribution is -0.164. The molecule has 0 bridgehead atoms. The van der Waals surface area contributed by atoms with Crippen molar-refractivity contribution < 1.29 is 14.6 Å². The molecule has 7 heteroatoms. The highest BCUT2D eigenvalue weighted by Gasteiger charge is 2.62. The summed E-state index contributed by atoms with van der Waals surface area (Å²) in [6.07, 6.45) is 9.86. The van der Waals surface area contributed by atoms with E-state index < -0.39 is 5.60 Å². The molecule has 32 heavy (non-hydrogen) atoms. The van der Waals surface area contributed by atoms with Crippen molar-refractivity contribution in [2.24, 2.45) is 40.4 Å². The van der Waals surface area contributed by atoms with Crippen LogP contribution in [0.4, 0.5) is 0 Å². The zero-order valence-electron chi connectivity index (χ0n) is 20.2. The lowest BCUT2D eigenvalue weighted by Crippen LogP contribution is -2.57. The van der Waals surface area contributed by atoms with Gasteiger partial charge in [0, 0.05) is 13.0 Å². The van der Waals surface area contributed by atoms with Crippen molar-refractivity contribution in [2.75, 3.05) is 13.7 Å². The Bertz CT molecular complexity index is 873. The van der Waals surface area contributed by atoms with Crippen molar-refractivity contribution in [3.63, 3.8) is 0 Å². The number of aromatic nitrogens is 4. The molecule has 4 fully saturated rings. The molecule has 5 rings (SSSR count). The van der Waals surface area contributed by atoms with E-state index in [-0.39, 0.29) is 11.3 Å². The average molecular weight is 445 g/mol. The second-order valence-electron chi connectivity index (χ2n) is 12.0. The standard InChI is InChI=1S/C25H40N4O3/c1-16-26-27-28-29(16)14-22(30)21-8-7-19-18-6-5-17-13-25(31,15-32-4)12-11-23(17,2)20(18)9-10-24(19,21)3/h17-21,31H,5-15H2,1-4H3/t17-,18?,19-,20-,21+,23-,24-,25+/m0/s1. The highest BCUT2D eigenvalue weighted by Crippen LogP contribution is 2.68. The molecule has 4 saturated carbocycles. The Kier molecular flexibility index (Phi) is 5.52. The third-order valence-electron chi connectivity index (χ3n) is 10.6. The topological polar surface area (TPSA) is 90.1 Å². The molecule has 0 saturated heterocycles. The van der Waals surface area contributed by atoms with E-state index in [1.807, 2.05) is 6.92 Å². The van der Waals surface area contributed by atoms with Crippen LogP contribution in [0.25, 0.3) is 0 Å². The molecule has 1 N–H and O–H groups in total. The van der Waals surface area contributed by atoms with Crippen LogP contribution in [0.5, 0.6) is 0 Å². The first-order valence-electron chi connectivity index (χ1n) is 12.7. The zero-order chi connectivity index (χ0) is 22.7. The van der Waals surface area contributed by atoms with Crippen molar-refractivity contribution in [2.45, 2.75) is 90.7 Å². The summed E-state index contributed by atoms with van der Waals surface area (Å²) in [4.78, 5) is 13.4. The third-order valence-corrected chi connectivity index (χ3v) is 10.6. The Balaban J connectivity index is 1.33. The summed E-state index contributed by atoms with van der Waals surface area (Å²) in [6, 6.07) is 0. The highest BCUT2D eigenvalue weighted by atomic mass is 16.5. The summed E-state index contributed by atoms with van der Waals surface area (Å²) in [5.74, 6) is 3.81. The number of carbonyl (C=O) groups is 1. The molecule has 1 aromatic rings. The summed E-state index contributed by atoms with van der Waals surface area (Å²) >= 11 is 0. The van der Waals surface area contributed by atoms with Crippen LogP contribution in [0.3, 0.4) is 0 Å². The van der Waals surface area contributed by atoms with Crippen molar-refractivity contribution >= 4 is 5.78 Å². The van der Waals surface area contributed by atoms with Gasteiger partial charge in [0.1, 0.15) is 12.4 Å². The van der Waals surface area contributed by atoms with E-state index in [0.29, 0.717) is 42.0 Å². The smallest absolute Gasteiger partial charge is 0.158 e. The number of ether oxygens (including phenoxy) is 1. The molecule has 1 heterocycles. The van der Waals surface area contributed by atoms with Gasteiger partial charge in [-0.05, 0) is 110 Å². The molecule has 8 atom stereocenters. The van der Waals surface area contributed by atoms with Gasteiger partial charge in [0.05, 0.1) is 12.2 Å². The average Bonchev–Trinajstić information content (AvgIpc) is 3.31. The Morgan fingerprint density at radius 1 is 1.09 bits per heavy atom. The fourth-order valence-corrected chi connectivity index (χ4v) is 8.90. The minimum atomic E-state index is -0.645. The van der Waals surface area contributed by atoms with Crippen molar-refractivity contribution in [3.8, 4) is 0 Å². The number of rotatable bonds is 5. The number of ketones is 1. The van der Waals surface area contributed by atoms with Gasteiger partial charge < -0.3 is 9.84 Å². The van der Waals surface area contributed by atoms with Crippen LogP contribution < -0.4 is 0 Å². The second kappa shape index (κ2) is 7.86. The predicted molar refractivity (Wildman–Crippen MR) is 120 cm³/mol. The van der Waals surface area contributed by atoms with Crippen LogP contribution in [-0.2, 0) is 16.1 Å². The van der Waals surface area contributed by atoms with E-state index in [2.05, 4.69) is 29.4 Å². The maximum Gasteiger partial charge on any atom is 0.158 e. The number of fused-ring (bicyclic) bond motifs is 5. The Morgan fingerprint density at radius 3 is 2.59 bits per heavy atom. The normalized spacial score (nSPS) is 45.7. The van der Waals surface area contributed by atoms with Crippen LogP contribution >= 0.6 is 0 Å². The number of tetrazole rings is 1. The monoisotopic (exact) mass is 444 g/mol. The van der Waals surface area contributed by atoms with E-state index in [0.717, 1.165) is 43.9 Å². The zero-order valence-corrected chi connectivity index (χ0v) is 20.2. The van der Waals surface area contributed by atoms with Crippen molar-refractivity contribution in [1.82, 2.24) is 20.2 Å². The molecule has 0 radical (unpaired) electrons. The number of methoxy groups -OCH3 is 1. The van der Waals surface area contributed by atoms with Crippen molar-refractivity contribution in [1.29, 1.82) is 0 Å². The molecular formula is C25H40N4O3. The first-order chi connectivity index (χ1) is 15.2. The molecule has 7 nitrogen and oxygen atoms in total. The van der Waals surface area contributed by atoms with E-state index in [1.165, 1.54) is 25.7 Å². The number of nitrogens with zero attached hydrogens (tertiary/aromatic N) is 4. The predicted octanol–water partition coefficient (Wildman–Crippen LogP) is 3.59. The van der Waals surface area contributed by atoms with Crippen LogP contribution in [0.2, 0.25) is 0 Å². The fraction of sp³-hybridized carbons (Fsp3) is 0.920. The largest absolute Gasteiger partial charge is 0.387 e. The molecule has 4 aliphatic carbocycles. The Hall–Kier alpha value is -1.34. The summed E-state index contributed by atoms with van der Waals surface area (Å²) in [5.41, 5.74) is -0.223. The summed E-state index contributed by atoms with van der Waals surface area (Å²) in [5, 5.41) is 22.7. The SMILES string of the molecule is COC[C@@]1(O)CC[C@@]2(C)[C@@H](CCC3[C@@H]2CC[C@]2(C)[C@@H](C(=O)Cn4nnnc4C)CC[C@@H]32)C1. The Morgan fingerprint density at radius 2 is 1.88 bits per heavy atom. The van der Waals surface area contributed by atoms with E-state index in [4.69, 9.17) is 4.74 Å². The van der Waals surface area contributed by atoms with E-state index in [1.54, 1.807) is 11.8 Å². The van der Waals surface area contributed by atoms with Gasteiger partial charge in [-0.2, -0.15) is 0 Å². The minimum Gasteiger partial charge on any atom is -0.387 e. The van der Waals surface area contributed by atoms with Gasteiger partial charge in [0.2, 0.25) is 0 Å². The van der Waals surface area contributed by atoms with Gasteiger partial charge in [-0.25, -0.2) is 4.68 Å². The fourth-order valence-electron chi connectivity index (χ4n) is 8.90. The summed E-state index contributed by atoms with van der Waals surface area (Å²) in [7, 11) is 1.70. The summed E-state index contributed by atoms with van der Waals surface area (Å²) < 4.78 is 7.01. The number of hydrogen-bond donors (Lipinski definition) is 1. The molecule has 1 unspecified atom stereocenters. The molecule has 1 aromatic heterocycles. The first-order valence-corrected chi connectivity index (χ1v) is 12.7. The van der Waals surface area contributed by atoms with Gasteiger partial charge in [-0.15, -0.1) is 5.10 Å². The van der Waals surface area contributed by atoms with Crippen molar-refractivity contribution in [3.05, 3.63) is 5.82 Å². The molecule has 0 aliphatic heterocycles. The van der Waals surface area contributed by atoms with E-state index >= 15 is 0 Å². The van der Waals surface area contributed by atoms with Crippen LogP contribution in [0.15, 0.2) is 0 Å². The first kappa shape index (κ1) is 22.5. The maximum atomic E-state index is 13.4. The minimum absolute atomic E-state index is 0.106. The molecule has 0 amide bonds. The molecule has 4 aliphatic rings. The maximum absolute atomic E-state index is 13.4. The van der Waals surface area contributed by atoms with Crippen LogP contribution in [0.1, 0.15) is 77.5 Å². The number of aryl methyl sites for hydroxylation is 1. The van der Waals surface area contributed by atoms with E-state index in [9.17, 15) is 9.90 Å². The van der Waals surface area contributed by atoms with Gasteiger partial charge in [0.25, 0.3) is 0 Å². The van der Waals surface area contributed by atoms with Gasteiger partial charge >= 0.3 is 0 Å². The highest BCUT2D eigenvalue weighted by molar-refractivity contribution is 5.82. The van der Waals surface area contributed by atoms with Gasteiger partial charge in [-0.3, -0.25) is 4.79 Å². The lowest BCUT2D eigenvalue weighted by atomic mass is 9.44. The van der Waals surface area contributed by atoms with Gasteiger partial charge in [0.15, 0.2) is 5.78 Å². The Labute approximate surface area is 191 Å². The number of aliphatic hydroxyl groups is 1. The summed E-state index contributed by atoms with van der Waals surface area (Å²) in [6.45, 7) is 7.54. The quantitative estimate of drug-likeness (QED) is 0.746. The lowest BCUT2D eigenvalue weighted by Gasteiger charge is -2.62. The number of hydrogen-bond acceptors (Lipinski definition) is 6. The third kappa shape index (κ3) is 3.37. The molecule has 178 valence electrons. The molecular weight excluding hydrogens is 404 g/mol.